The van der Waals surface area contributed by atoms with Gasteiger partial charge in [0.05, 0.1) is 27.1 Å². The molecule has 0 aliphatic rings. The zero-order valence-electron chi connectivity index (χ0n) is 18.4. The van der Waals surface area contributed by atoms with Gasteiger partial charge >= 0.3 is 0 Å². The molecule has 3 aromatic carbocycles. The zero-order valence-corrected chi connectivity index (χ0v) is 20.8. The minimum Gasteiger partial charge on any atom is -0.317 e. The Labute approximate surface area is 210 Å². The topological polar surface area (TPSA) is 63.2 Å². The second kappa shape index (κ2) is 10.9. The van der Waals surface area contributed by atoms with Crippen molar-refractivity contribution in [3.63, 3.8) is 0 Å². The number of nitrogens with one attached hydrogen (secondary N) is 1. The van der Waals surface area contributed by atoms with Crippen LogP contribution in [0.15, 0.2) is 89.8 Å². The largest absolute Gasteiger partial charge is 0.317 e. The third-order valence-corrected chi connectivity index (χ3v) is 7.83. The van der Waals surface area contributed by atoms with Crippen LogP contribution in [0.5, 0.6) is 0 Å². The molecule has 34 heavy (non-hydrogen) atoms. The van der Waals surface area contributed by atoms with Gasteiger partial charge in [0.15, 0.2) is 0 Å². The summed E-state index contributed by atoms with van der Waals surface area (Å²) >= 11 is 7.30. The molecule has 1 unspecified atom stereocenters. The number of carbonyl (C=O) groups is 2. The first-order chi connectivity index (χ1) is 16.4. The molecule has 0 radical (unpaired) electrons. The molecule has 1 heterocycles. The Kier molecular flexibility index (Phi) is 7.73. The SMILES string of the molecule is CCS(=O)c1ccc(CC(=O)Nc2cc(-c3ccc(Cl)cc3)c(C(=O)c3ccccc3)s2)cc1. The highest BCUT2D eigenvalue weighted by Crippen LogP contribution is 2.37. The minimum atomic E-state index is -1.02. The highest BCUT2D eigenvalue weighted by molar-refractivity contribution is 7.85. The molecule has 1 N–H and O–H groups in total. The molecule has 0 fully saturated rings. The summed E-state index contributed by atoms with van der Waals surface area (Å²) in [6, 6.07) is 25.4. The first kappa shape index (κ1) is 24.1. The van der Waals surface area contributed by atoms with Crippen LogP contribution in [0.25, 0.3) is 11.1 Å². The molecule has 0 aliphatic carbocycles. The molecule has 1 aromatic heterocycles. The van der Waals surface area contributed by atoms with Gasteiger partial charge in [-0.05, 0) is 41.5 Å². The molecule has 4 rings (SSSR count). The van der Waals surface area contributed by atoms with Gasteiger partial charge in [0, 0.05) is 26.8 Å². The van der Waals surface area contributed by atoms with Crippen LogP contribution in [-0.4, -0.2) is 21.7 Å². The number of thiophene rings is 1. The monoisotopic (exact) mass is 507 g/mol. The van der Waals surface area contributed by atoms with E-state index in [0.717, 1.165) is 21.6 Å². The summed E-state index contributed by atoms with van der Waals surface area (Å²) in [7, 11) is -1.02. The normalized spacial score (nSPS) is 11.7. The standard InChI is InChI=1S/C27H22ClNO3S2/c1-2-34(32)22-14-8-18(9-15-22)16-24(30)29-25-17-23(19-10-12-21(28)13-11-19)27(33-25)26(31)20-6-4-3-5-7-20/h3-15,17H,2,16H2,1H3,(H,29,30). The number of halogens is 1. The molecule has 7 heteroatoms. The van der Waals surface area contributed by atoms with E-state index in [9.17, 15) is 13.8 Å². The van der Waals surface area contributed by atoms with Crippen molar-refractivity contribution in [3.8, 4) is 11.1 Å². The fraction of sp³-hybridized carbons (Fsp3) is 0.111. The summed E-state index contributed by atoms with van der Waals surface area (Å²) < 4.78 is 11.9. The first-order valence-corrected chi connectivity index (χ1v) is 13.2. The Balaban J connectivity index is 1.58. The van der Waals surface area contributed by atoms with Crippen LogP contribution >= 0.6 is 22.9 Å². The van der Waals surface area contributed by atoms with Crippen LogP contribution in [0, 0.1) is 0 Å². The Morgan fingerprint density at radius 1 is 0.941 bits per heavy atom. The number of anilines is 1. The highest BCUT2D eigenvalue weighted by Gasteiger charge is 2.20. The molecule has 172 valence electrons. The van der Waals surface area contributed by atoms with Gasteiger partial charge in [-0.2, -0.15) is 0 Å². The summed E-state index contributed by atoms with van der Waals surface area (Å²) in [5.41, 5.74) is 3.00. The van der Waals surface area contributed by atoms with Crippen LogP contribution < -0.4 is 5.32 Å². The predicted octanol–water partition coefficient (Wildman–Crippen LogP) is 6.61. The van der Waals surface area contributed by atoms with Crippen LogP contribution in [0.4, 0.5) is 5.00 Å². The maximum Gasteiger partial charge on any atom is 0.229 e. The maximum absolute atomic E-state index is 13.3. The summed E-state index contributed by atoms with van der Waals surface area (Å²) in [6.07, 6.45) is 0.176. The summed E-state index contributed by atoms with van der Waals surface area (Å²) in [4.78, 5) is 27.3. The number of ketones is 1. The van der Waals surface area contributed by atoms with Crippen molar-refractivity contribution in [1.29, 1.82) is 0 Å². The quantitative estimate of drug-likeness (QED) is 0.273. The molecule has 0 bridgehead atoms. The van der Waals surface area contributed by atoms with Crippen LogP contribution in [0.3, 0.4) is 0 Å². The van der Waals surface area contributed by atoms with Crippen LogP contribution in [0.2, 0.25) is 5.02 Å². The van der Waals surface area contributed by atoms with Crippen molar-refractivity contribution in [1.82, 2.24) is 0 Å². The lowest BCUT2D eigenvalue weighted by atomic mass is 10.0. The van der Waals surface area contributed by atoms with Crippen molar-refractivity contribution in [3.05, 3.63) is 106 Å². The first-order valence-electron chi connectivity index (χ1n) is 10.7. The van der Waals surface area contributed by atoms with Gasteiger partial charge in [-0.3, -0.25) is 13.8 Å². The third kappa shape index (κ3) is 5.70. The Morgan fingerprint density at radius 3 is 2.26 bits per heavy atom. The second-order valence-corrected chi connectivity index (χ2v) is 10.8. The summed E-state index contributed by atoms with van der Waals surface area (Å²) in [6.45, 7) is 1.87. The molecule has 0 spiro atoms. The predicted molar refractivity (Wildman–Crippen MR) is 140 cm³/mol. The summed E-state index contributed by atoms with van der Waals surface area (Å²) in [5, 5.41) is 4.13. The van der Waals surface area contributed by atoms with Crippen molar-refractivity contribution in [2.24, 2.45) is 0 Å². The van der Waals surface area contributed by atoms with E-state index in [4.69, 9.17) is 11.6 Å². The molecule has 0 saturated heterocycles. The summed E-state index contributed by atoms with van der Waals surface area (Å²) in [5.74, 6) is 0.264. The molecule has 0 saturated carbocycles. The second-order valence-electron chi connectivity index (χ2n) is 7.56. The third-order valence-electron chi connectivity index (χ3n) is 5.21. The molecule has 1 atom stereocenters. The van der Waals surface area contributed by atoms with Crippen molar-refractivity contribution in [2.45, 2.75) is 18.2 Å². The molecule has 4 aromatic rings. The lowest BCUT2D eigenvalue weighted by Gasteiger charge is -2.04. The molecular formula is C27H22ClNO3S2. The van der Waals surface area contributed by atoms with Crippen molar-refractivity contribution < 1.29 is 13.8 Å². The molecule has 4 nitrogen and oxygen atoms in total. The highest BCUT2D eigenvalue weighted by atomic mass is 35.5. The number of benzene rings is 3. The Morgan fingerprint density at radius 2 is 1.62 bits per heavy atom. The Hall–Kier alpha value is -3.06. The maximum atomic E-state index is 13.3. The van der Waals surface area contributed by atoms with Crippen LogP contribution in [0.1, 0.15) is 27.7 Å². The average molecular weight is 508 g/mol. The van der Waals surface area contributed by atoms with Gasteiger partial charge in [-0.15, -0.1) is 11.3 Å². The van der Waals surface area contributed by atoms with E-state index >= 15 is 0 Å². The van der Waals surface area contributed by atoms with E-state index < -0.39 is 10.8 Å². The fourth-order valence-electron chi connectivity index (χ4n) is 3.48. The van der Waals surface area contributed by atoms with Crippen LogP contribution in [-0.2, 0) is 22.0 Å². The number of amides is 1. The van der Waals surface area contributed by atoms with Gasteiger partial charge in [0.2, 0.25) is 11.7 Å². The number of rotatable bonds is 8. The van der Waals surface area contributed by atoms with E-state index in [1.54, 1.807) is 36.4 Å². The van der Waals surface area contributed by atoms with Gasteiger partial charge < -0.3 is 5.32 Å². The van der Waals surface area contributed by atoms with E-state index in [-0.39, 0.29) is 18.1 Å². The average Bonchev–Trinajstić information content (AvgIpc) is 3.28. The smallest absolute Gasteiger partial charge is 0.229 e. The van der Waals surface area contributed by atoms with E-state index in [1.807, 2.05) is 55.5 Å². The van der Waals surface area contributed by atoms with Gasteiger partial charge in [-0.1, -0.05) is 73.1 Å². The fourth-order valence-corrected chi connectivity index (χ4v) is 5.44. The number of carbonyl (C=O) groups excluding carboxylic acids is 2. The zero-order chi connectivity index (χ0) is 24.1. The van der Waals surface area contributed by atoms with E-state index in [2.05, 4.69) is 5.32 Å². The lowest BCUT2D eigenvalue weighted by Crippen LogP contribution is -2.13. The van der Waals surface area contributed by atoms with Gasteiger partial charge in [0.25, 0.3) is 0 Å². The molecule has 0 aliphatic heterocycles. The van der Waals surface area contributed by atoms with E-state index in [0.29, 0.717) is 26.2 Å². The number of hydrogen-bond acceptors (Lipinski definition) is 4. The minimum absolute atomic E-state index is 0.101. The van der Waals surface area contributed by atoms with Gasteiger partial charge in [-0.25, -0.2) is 0 Å². The lowest BCUT2D eigenvalue weighted by molar-refractivity contribution is -0.115. The van der Waals surface area contributed by atoms with Crippen molar-refractivity contribution >= 4 is 50.4 Å². The van der Waals surface area contributed by atoms with Crippen molar-refractivity contribution in [2.75, 3.05) is 11.1 Å². The van der Waals surface area contributed by atoms with E-state index in [1.165, 1.54) is 11.3 Å². The Bertz CT molecular complexity index is 1330. The van der Waals surface area contributed by atoms with Gasteiger partial charge in [0.1, 0.15) is 0 Å². The number of hydrogen-bond donors (Lipinski definition) is 1. The molecule has 1 amide bonds. The molecular weight excluding hydrogens is 486 g/mol.